The number of hydrogen-bond donors (Lipinski definition) is 2. The lowest BCUT2D eigenvalue weighted by atomic mass is 10.2. The highest BCUT2D eigenvalue weighted by atomic mass is 16.5. The summed E-state index contributed by atoms with van der Waals surface area (Å²) in [6.45, 7) is 2.41. The van der Waals surface area contributed by atoms with Crippen LogP contribution in [0.1, 0.15) is 6.92 Å². The molecule has 5 nitrogen and oxygen atoms in total. The van der Waals surface area contributed by atoms with Crippen molar-refractivity contribution in [3.05, 3.63) is 22.5 Å². The highest BCUT2D eigenvalue weighted by molar-refractivity contribution is 5.81. The molecule has 80 valence electrons. The molecule has 0 spiro atoms. The second-order valence-electron chi connectivity index (χ2n) is 3.06. The van der Waals surface area contributed by atoms with Crippen LogP contribution in [0.4, 0.5) is 0 Å². The molecule has 15 heavy (non-hydrogen) atoms. The quantitative estimate of drug-likeness (QED) is 0.798. The Morgan fingerprint density at radius 1 is 1.27 bits per heavy atom. The Bertz CT molecular complexity index is 527. The Morgan fingerprint density at radius 3 is 2.73 bits per heavy atom. The summed E-state index contributed by atoms with van der Waals surface area (Å²) in [5, 5.41) is 5.83. The third kappa shape index (κ3) is 1.56. The van der Waals surface area contributed by atoms with Crippen LogP contribution in [-0.2, 0) is 0 Å². The van der Waals surface area contributed by atoms with E-state index in [4.69, 9.17) is 9.47 Å². The van der Waals surface area contributed by atoms with Gasteiger partial charge in [-0.25, -0.2) is 0 Å². The van der Waals surface area contributed by atoms with Crippen LogP contribution in [0, 0.1) is 0 Å². The molecule has 0 saturated heterocycles. The van der Waals surface area contributed by atoms with E-state index in [0.29, 0.717) is 29.0 Å². The van der Waals surface area contributed by atoms with Gasteiger partial charge < -0.3 is 9.47 Å². The number of hydrogen-bond acceptors (Lipinski definition) is 3. The normalized spacial score (nSPS) is 10.5. The van der Waals surface area contributed by atoms with E-state index in [1.807, 2.05) is 6.92 Å². The fourth-order valence-corrected chi connectivity index (χ4v) is 1.47. The van der Waals surface area contributed by atoms with E-state index in [1.165, 1.54) is 0 Å². The van der Waals surface area contributed by atoms with Crippen LogP contribution < -0.4 is 15.0 Å². The van der Waals surface area contributed by atoms with Gasteiger partial charge in [-0.3, -0.25) is 15.0 Å². The first-order valence-corrected chi connectivity index (χ1v) is 4.67. The molecule has 1 aromatic heterocycles. The predicted molar refractivity (Wildman–Crippen MR) is 56.6 cm³/mol. The summed E-state index contributed by atoms with van der Waals surface area (Å²) in [6.07, 6.45) is 0. The smallest absolute Gasteiger partial charge is 0.271 e. The van der Waals surface area contributed by atoms with Crippen LogP contribution in [0.2, 0.25) is 0 Å². The Labute approximate surface area is 86.0 Å². The molecular formula is C10H12N2O3. The first-order valence-electron chi connectivity index (χ1n) is 4.67. The number of nitrogens with one attached hydrogen (secondary N) is 2. The molecular weight excluding hydrogens is 196 g/mol. The topological polar surface area (TPSA) is 67.1 Å². The standard InChI is InChI=1S/C10H12N2O3/c1-3-15-9-4-6-7(5-8(9)14-2)11-12-10(6)13/h4-5H,3H2,1-2H3,(H2,11,12,13). The van der Waals surface area contributed by atoms with Crippen molar-refractivity contribution in [1.29, 1.82) is 0 Å². The molecule has 0 amide bonds. The average Bonchev–Trinajstić information content (AvgIpc) is 2.60. The lowest BCUT2D eigenvalue weighted by Crippen LogP contribution is -1.99. The predicted octanol–water partition coefficient (Wildman–Crippen LogP) is 1.26. The van der Waals surface area contributed by atoms with Gasteiger partial charge in [-0.1, -0.05) is 0 Å². The molecule has 0 fully saturated rings. The maximum Gasteiger partial charge on any atom is 0.271 e. The van der Waals surface area contributed by atoms with Crippen molar-refractivity contribution < 1.29 is 9.47 Å². The SMILES string of the molecule is CCOc1cc2c(=O)[nH][nH]c2cc1OC. The zero-order chi connectivity index (χ0) is 10.8. The molecule has 0 radical (unpaired) electrons. The molecule has 1 aromatic carbocycles. The fourth-order valence-electron chi connectivity index (χ4n) is 1.47. The van der Waals surface area contributed by atoms with Gasteiger partial charge in [0.15, 0.2) is 11.5 Å². The molecule has 0 aliphatic heterocycles. The van der Waals surface area contributed by atoms with E-state index >= 15 is 0 Å². The van der Waals surface area contributed by atoms with E-state index in [-0.39, 0.29) is 5.56 Å². The number of aromatic amines is 2. The molecule has 2 aromatic rings. The van der Waals surface area contributed by atoms with Gasteiger partial charge in [-0.05, 0) is 13.0 Å². The van der Waals surface area contributed by atoms with Crippen molar-refractivity contribution in [1.82, 2.24) is 10.2 Å². The molecule has 2 rings (SSSR count). The lowest BCUT2D eigenvalue weighted by molar-refractivity contribution is 0.311. The summed E-state index contributed by atoms with van der Waals surface area (Å²) in [4.78, 5) is 11.4. The van der Waals surface area contributed by atoms with Gasteiger partial charge in [0, 0.05) is 6.07 Å². The Kier molecular flexibility index (Phi) is 2.37. The number of rotatable bonds is 3. The van der Waals surface area contributed by atoms with Crippen LogP contribution >= 0.6 is 0 Å². The highest BCUT2D eigenvalue weighted by Crippen LogP contribution is 2.30. The van der Waals surface area contributed by atoms with Crippen molar-refractivity contribution in [2.45, 2.75) is 6.92 Å². The number of benzene rings is 1. The summed E-state index contributed by atoms with van der Waals surface area (Å²) in [5.74, 6) is 1.19. The molecule has 0 aliphatic carbocycles. The van der Waals surface area contributed by atoms with Gasteiger partial charge in [0.05, 0.1) is 24.6 Å². The number of H-pyrrole nitrogens is 2. The second kappa shape index (κ2) is 3.68. The summed E-state index contributed by atoms with van der Waals surface area (Å²) < 4.78 is 10.5. The maximum atomic E-state index is 11.4. The van der Waals surface area contributed by atoms with E-state index < -0.39 is 0 Å². The van der Waals surface area contributed by atoms with Crippen LogP contribution in [0.25, 0.3) is 10.9 Å². The third-order valence-corrected chi connectivity index (χ3v) is 2.16. The molecule has 0 unspecified atom stereocenters. The minimum absolute atomic E-state index is 0.159. The van der Waals surface area contributed by atoms with Crippen molar-refractivity contribution >= 4 is 10.9 Å². The zero-order valence-electron chi connectivity index (χ0n) is 8.59. The molecule has 1 heterocycles. The minimum atomic E-state index is -0.159. The third-order valence-electron chi connectivity index (χ3n) is 2.16. The molecule has 5 heteroatoms. The Balaban J connectivity index is 2.65. The molecule has 0 bridgehead atoms. The van der Waals surface area contributed by atoms with Crippen LogP contribution in [0.5, 0.6) is 11.5 Å². The first-order chi connectivity index (χ1) is 7.26. The molecule has 2 N–H and O–H groups in total. The van der Waals surface area contributed by atoms with Gasteiger partial charge in [0.1, 0.15) is 0 Å². The number of aromatic nitrogens is 2. The molecule has 0 aliphatic rings. The fraction of sp³-hybridized carbons (Fsp3) is 0.300. The lowest BCUT2D eigenvalue weighted by Gasteiger charge is -2.08. The Hall–Kier alpha value is -1.91. The van der Waals surface area contributed by atoms with E-state index in [9.17, 15) is 4.79 Å². The van der Waals surface area contributed by atoms with Crippen LogP contribution in [-0.4, -0.2) is 23.9 Å². The number of fused-ring (bicyclic) bond motifs is 1. The van der Waals surface area contributed by atoms with Gasteiger partial charge in [-0.15, -0.1) is 0 Å². The average molecular weight is 208 g/mol. The first kappa shape index (κ1) is 9.64. The van der Waals surface area contributed by atoms with E-state index in [0.717, 1.165) is 0 Å². The van der Waals surface area contributed by atoms with Gasteiger partial charge in [0.25, 0.3) is 5.56 Å². The van der Waals surface area contributed by atoms with Gasteiger partial charge in [-0.2, -0.15) is 0 Å². The molecule has 0 atom stereocenters. The molecule has 0 saturated carbocycles. The van der Waals surface area contributed by atoms with Crippen molar-refractivity contribution in [2.75, 3.05) is 13.7 Å². The highest BCUT2D eigenvalue weighted by Gasteiger charge is 2.09. The largest absolute Gasteiger partial charge is 0.493 e. The second-order valence-corrected chi connectivity index (χ2v) is 3.06. The summed E-state index contributed by atoms with van der Waals surface area (Å²) in [7, 11) is 1.56. The summed E-state index contributed by atoms with van der Waals surface area (Å²) >= 11 is 0. The van der Waals surface area contributed by atoms with Crippen molar-refractivity contribution in [2.24, 2.45) is 0 Å². The minimum Gasteiger partial charge on any atom is -0.493 e. The van der Waals surface area contributed by atoms with Crippen molar-refractivity contribution in [3.63, 3.8) is 0 Å². The van der Waals surface area contributed by atoms with Crippen LogP contribution in [0.3, 0.4) is 0 Å². The summed E-state index contributed by atoms with van der Waals surface area (Å²) in [6, 6.07) is 3.41. The summed E-state index contributed by atoms with van der Waals surface area (Å²) in [5.41, 5.74) is 0.550. The van der Waals surface area contributed by atoms with Gasteiger partial charge in [0.2, 0.25) is 0 Å². The van der Waals surface area contributed by atoms with E-state index in [1.54, 1.807) is 19.2 Å². The zero-order valence-corrected chi connectivity index (χ0v) is 8.59. The van der Waals surface area contributed by atoms with Crippen LogP contribution in [0.15, 0.2) is 16.9 Å². The van der Waals surface area contributed by atoms with E-state index in [2.05, 4.69) is 10.2 Å². The number of ether oxygens (including phenoxy) is 2. The maximum absolute atomic E-state index is 11.4. The Morgan fingerprint density at radius 2 is 2.07 bits per heavy atom. The van der Waals surface area contributed by atoms with Gasteiger partial charge >= 0.3 is 0 Å². The van der Waals surface area contributed by atoms with Crippen molar-refractivity contribution in [3.8, 4) is 11.5 Å². The monoisotopic (exact) mass is 208 g/mol. The number of methoxy groups -OCH3 is 1.